The summed E-state index contributed by atoms with van der Waals surface area (Å²) in [5.41, 5.74) is -0.751. The zero-order chi connectivity index (χ0) is 22.6. The molecule has 2 amide bonds. The Bertz CT molecular complexity index is 952. The third kappa shape index (κ3) is 5.91. The Kier molecular flexibility index (Phi) is 6.44. The molecular formula is C20H21F3N4O4. The Morgan fingerprint density at radius 1 is 1.16 bits per heavy atom. The number of carbonyl (C=O) groups is 2. The van der Waals surface area contributed by atoms with Crippen molar-refractivity contribution in [3.05, 3.63) is 47.8 Å². The van der Waals surface area contributed by atoms with E-state index in [1.165, 1.54) is 30.2 Å². The summed E-state index contributed by atoms with van der Waals surface area (Å²) in [6.45, 7) is 1.91. The Morgan fingerprint density at radius 2 is 1.87 bits per heavy atom. The number of hydrogen-bond acceptors (Lipinski definition) is 6. The molecule has 0 aliphatic carbocycles. The highest BCUT2D eigenvalue weighted by Gasteiger charge is 2.35. The number of likely N-dealkylation sites (tertiary alicyclic amines) is 1. The van der Waals surface area contributed by atoms with Crippen LogP contribution in [0.25, 0.3) is 0 Å². The number of alkyl halides is 3. The summed E-state index contributed by atoms with van der Waals surface area (Å²) in [4.78, 5) is 33.7. The topological polar surface area (TPSA) is 105 Å². The molecule has 2 aromatic rings. The van der Waals surface area contributed by atoms with Gasteiger partial charge in [-0.1, -0.05) is 0 Å². The number of anilines is 1. The highest BCUT2D eigenvalue weighted by molar-refractivity contribution is 5.94. The summed E-state index contributed by atoms with van der Waals surface area (Å²) in [6, 6.07) is 6.26. The average molecular weight is 438 g/mol. The van der Waals surface area contributed by atoms with Crippen LogP contribution < -0.4 is 10.1 Å². The Labute approximate surface area is 176 Å². The van der Waals surface area contributed by atoms with Gasteiger partial charge >= 0.3 is 6.36 Å². The number of rotatable bonds is 4. The van der Waals surface area contributed by atoms with Gasteiger partial charge in [0.2, 0.25) is 11.9 Å². The van der Waals surface area contributed by atoms with Gasteiger partial charge in [0.25, 0.3) is 5.91 Å². The molecule has 1 atom stereocenters. The standard InChI is InChI=1S/C20H21F3N4O4/c1-13(28)25-18-24-10-7-16(26-18)19(30)8-2-11-27(12-9-19)17(29)14-3-5-15(6-4-14)31-20(21,22)23/h3-7,10,30H,2,8-9,11-12H2,1H3,(H,24,25,26,28). The third-order valence-corrected chi connectivity index (χ3v) is 4.86. The molecule has 2 N–H and O–H groups in total. The van der Waals surface area contributed by atoms with Crippen LogP contribution in [0.5, 0.6) is 5.75 Å². The van der Waals surface area contributed by atoms with Gasteiger partial charge < -0.3 is 14.7 Å². The van der Waals surface area contributed by atoms with E-state index in [1.54, 1.807) is 6.07 Å². The number of ether oxygens (including phenoxy) is 1. The zero-order valence-corrected chi connectivity index (χ0v) is 16.6. The quantitative estimate of drug-likeness (QED) is 0.761. The van der Waals surface area contributed by atoms with Crippen molar-refractivity contribution >= 4 is 17.8 Å². The van der Waals surface area contributed by atoms with Gasteiger partial charge in [-0.15, -0.1) is 13.2 Å². The summed E-state index contributed by atoms with van der Waals surface area (Å²) < 4.78 is 40.7. The van der Waals surface area contributed by atoms with Crippen molar-refractivity contribution in [1.29, 1.82) is 0 Å². The van der Waals surface area contributed by atoms with Crippen LogP contribution >= 0.6 is 0 Å². The van der Waals surface area contributed by atoms with E-state index in [0.717, 1.165) is 12.1 Å². The lowest BCUT2D eigenvalue weighted by Gasteiger charge is -2.26. The fourth-order valence-electron chi connectivity index (χ4n) is 3.40. The molecule has 2 heterocycles. The van der Waals surface area contributed by atoms with Crippen LogP contribution in [0.15, 0.2) is 36.5 Å². The molecule has 0 saturated carbocycles. The second-order valence-corrected chi connectivity index (χ2v) is 7.20. The van der Waals surface area contributed by atoms with Crippen LogP contribution in [-0.4, -0.2) is 51.2 Å². The molecule has 1 aliphatic rings. The lowest BCUT2D eigenvalue weighted by molar-refractivity contribution is -0.274. The molecular weight excluding hydrogens is 417 g/mol. The van der Waals surface area contributed by atoms with Crippen molar-refractivity contribution < 1.29 is 32.6 Å². The number of benzene rings is 1. The van der Waals surface area contributed by atoms with E-state index in [9.17, 15) is 27.9 Å². The fraction of sp³-hybridized carbons (Fsp3) is 0.400. The van der Waals surface area contributed by atoms with Crippen LogP contribution in [0.4, 0.5) is 19.1 Å². The molecule has 31 heavy (non-hydrogen) atoms. The number of aliphatic hydroxyl groups is 1. The second kappa shape index (κ2) is 8.88. The maximum Gasteiger partial charge on any atom is 0.573 e. The number of aromatic nitrogens is 2. The van der Waals surface area contributed by atoms with E-state index < -0.39 is 17.7 Å². The second-order valence-electron chi connectivity index (χ2n) is 7.20. The van der Waals surface area contributed by atoms with Crippen molar-refractivity contribution in [3.8, 4) is 5.75 Å². The fourth-order valence-corrected chi connectivity index (χ4v) is 3.40. The number of nitrogens with zero attached hydrogens (tertiary/aromatic N) is 3. The largest absolute Gasteiger partial charge is 0.573 e. The first kappa shape index (κ1) is 22.5. The van der Waals surface area contributed by atoms with Gasteiger partial charge in [0, 0.05) is 31.8 Å². The minimum absolute atomic E-state index is 0.0803. The molecule has 1 unspecified atom stereocenters. The van der Waals surface area contributed by atoms with Gasteiger partial charge in [-0.3, -0.25) is 14.9 Å². The van der Waals surface area contributed by atoms with Gasteiger partial charge in [0.05, 0.1) is 5.69 Å². The van der Waals surface area contributed by atoms with E-state index in [-0.39, 0.29) is 36.3 Å². The lowest BCUT2D eigenvalue weighted by atomic mass is 9.91. The van der Waals surface area contributed by atoms with E-state index in [2.05, 4.69) is 20.0 Å². The first-order valence-electron chi connectivity index (χ1n) is 9.54. The highest BCUT2D eigenvalue weighted by Crippen LogP contribution is 2.32. The van der Waals surface area contributed by atoms with Gasteiger partial charge in [-0.2, -0.15) is 0 Å². The maximum atomic E-state index is 12.8. The summed E-state index contributed by atoms with van der Waals surface area (Å²) in [6.07, 6.45) is -2.35. The number of nitrogens with one attached hydrogen (secondary N) is 1. The molecule has 1 fully saturated rings. The third-order valence-electron chi connectivity index (χ3n) is 4.86. The molecule has 1 saturated heterocycles. The number of carbonyl (C=O) groups excluding carboxylic acids is 2. The first-order chi connectivity index (χ1) is 14.6. The molecule has 0 radical (unpaired) electrons. The van der Waals surface area contributed by atoms with Crippen molar-refractivity contribution in [1.82, 2.24) is 14.9 Å². The number of halogens is 3. The van der Waals surface area contributed by atoms with E-state index >= 15 is 0 Å². The van der Waals surface area contributed by atoms with E-state index in [1.807, 2.05) is 0 Å². The van der Waals surface area contributed by atoms with Crippen LogP contribution in [0.1, 0.15) is 42.2 Å². The molecule has 0 spiro atoms. The summed E-state index contributed by atoms with van der Waals surface area (Å²) in [5, 5.41) is 13.6. The predicted octanol–water partition coefficient (Wildman–Crippen LogP) is 2.85. The van der Waals surface area contributed by atoms with E-state index in [0.29, 0.717) is 25.1 Å². The molecule has 0 bridgehead atoms. The van der Waals surface area contributed by atoms with Crippen LogP contribution in [0.3, 0.4) is 0 Å². The molecule has 1 aromatic carbocycles. The van der Waals surface area contributed by atoms with E-state index in [4.69, 9.17) is 0 Å². The maximum absolute atomic E-state index is 12.8. The first-order valence-corrected chi connectivity index (χ1v) is 9.54. The Hall–Kier alpha value is -3.21. The predicted molar refractivity (Wildman–Crippen MR) is 103 cm³/mol. The Balaban J connectivity index is 1.69. The minimum atomic E-state index is -4.80. The van der Waals surface area contributed by atoms with Crippen molar-refractivity contribution in [2.24, 2.45) is 0 Å². The monoisotopic (exact) mass is 438 g/mol. The molecule has 11 heteroatoms. The summed E-state index contributed by atoms with van der Waals surface area (Å²) in [5.74, 6) is -1.03. The molecule has 3 rings (SSSR count). The summed E-state index contributed by atoms with van der Waals surface area (Å²) >= 11 is 0. The minimum Gasteiger partial charge on any atom is -0.406 e. The molecule has 8 nitrogen and oxygen atoms in total. The van der Waals surface area contributed by atoms with Crippen LogP contribution in [0.2, 0.25) is 0 Å². The normalized spacial score (nSPS) is 19.5. The average Bonchev–Trinajstić information content (AvgIpc) is 2.89. The van der Waals surface area contributed by atoms with Crippen molar-refractivity contribution in [2.45, 2.75) is 38.1 Å². The zero-order valence-electron chi connectivity index (χ0n) is 16.6. The van der Waals surface area contributed by atoms with Crippen molar-refractivity contribution in [2.75, 3.05) is 18.4 Å². The highest BCUT2D eigenvalue weighted by atomic mass is 19.4. The molecule has 1 aromatic heterocycles. The van der Waals surface area contributed by atoms with Crippen LogP contribution in [0, 0.1) is 0 Å². The van der Waals surface area contributed by atoms with Crippen molar-refractivity contribution in [3.63, 3.8) is 0 Å². The number of amides is 2. The molecule has 166 valence electrons. The molecule has 1 aliphatic heterocycles. The van der Waals surface area contributed by atoms with Gasteiger partial charge in [0.15, 0.2) is 0 Å². The number of hydrogen-bond donors (Lipinski definition) is 2. The Morgan fingerprint density at radius 3 is 2.52 bits per heavy atom. The van der Waals surface area contributed by atoms with Gasteiger partial charge in [-0.05, 0) is 49.6 Å². The SMILES string of the molecule is CC(=O)Nc1nccc(C2(O)CCCN(C(=O)c3ccc(OC(F)(F)F)cc3)CC2)n1. The lowest BCUT2D eigenvalue weighted by Crippen LogP contribution is -2.34. The smallest absolute Gasteiger partial charge is 0.406 e. The van der Waals surface area contributed by atoms with Crippen LogP contribution in [-0.2, 0) is 10.4 Å². The van der Waals surface area contributed by atoms with Gasteiger partial charge in [-0.25, -0.2) is 9.97 Å². The summed E-state index contributed by atoms with van der Waals surface area (Å²) in [7, 11) is 0. The van der Waals surface area contributed by atoms with Gasteiger partial charge in [0.1, 0.15) is 11.4 Å².